The highest BCUT2D eigenvalue weighted by Gasteiger charge is 2.58. The van der Waals surface area contributed by atoms with Crippen molar-refractivity contribution >= 4 is 0 Å². The molecule has 2 nitrogen and oxygen atoms in total. The molecule has 0 heterocycles. The van der Waals surface area contributed by atoms with Gasteiger partial charge in [-0.15, -0.1) is 0 Å². The van der Waals surface area contributed by atoms with Crippen LogP contribution < -0.4 is 0 Å². The highest BCUT2D eigenvalue weighted by atomic mass is 15.2. The Kier molecular flexibility index (Phi) is 12.9. The van der Waals surface area contributed by atoms with E-state index in [1.165, 1.54) is 89.9 Å². The molecule has 10 rings (SSSR count). The Morgan fingerprint density at radius 1 is 0.250 bits per heavy atom. The van der Waals surface area contributed by atoms with E-state index in [0.717, 1.165) is 107 Å². The first-order valence-corrected chi connectivity index (χ1v) is 27.1. The predicted molar refractivity (Wildman–Crippen MR) is 237 cm³/mol. The molecule has 0 spiro atoms. The molecule has 0 amide bonds. The minimum Gasteiger partial charge on any atom is -0.294 e. The van der Waals surface area contributed by atoms with Gasteiger partial charge in [-0.25, -0.2) is 0 Å². The molecular weight excluding hydrogens is 677 g/mol. The van der Waals surface area contributed by atoms with E-state index >= 15 is 0 Å². The minimum absolute atomic E-state index is 0.910. The molecule has 2 heteroatoms. The Hall–Kier alpha value is -0.0800. The minimum atomic E-state index is 0.910. The first-order valence-electron chi connectivity index (χ1n) is 27.1. The molecule has 10 saturated carbocycles. The highest BCUT2D eigenvalue weighted by Crippen LogP contribution is 2.62. The van der Waals surface area contributed by atoms with E-state index in [1.54, 1.807) is 128 Å². The van der Waals surface area contributed by atoms with E-state index in [9.17, 15) is 0 Å². The Bertz CT molecular complexity index is 1110. The number of hydrogen-bond donors (Lipinski definition) is 0. The van der Waals surface area contributed by atoms with Crippen molar-refractivity contribution in [3.05, 3.63) is 0 Å². The van der Waals surface area contributed by atoms with Gasteiger partial charge in [0.15, 0.2) is 0 Å². The zero-order chi connectivity index (χ0) is 37.6. The molecule has 0 aromatic rings. The van der Waals surface area contributed by atoms with Gasteiger partial charge in [-0.2, -0.15) is 0 Å². The summed E-state index contributed by atoms with van der Waals surface area (Å²) in [4.78, 5) is 6.88. The van der Waals surface area contributed by atoms with Gasteiger partial charge in [0.25, 0.3) is 0 Å². The molecule has 0 bridgehead atoms. The molecule has 8 unspecified atom stereocenters. The van der Waals surface area contributed by atoms with Gasteiger partial charge >= 0.3 is 0 Å². The average Bonchev–Trinajstić information content (AvgIpc) is 3.26. The topological polar surface area (TPSA) is 6.48 Å². The van der Waals surface area contributed by atoms with Crippen LogP contribution in [0.15, 0.2) is 0 Å². The van der Waals surface area contributed by atoms with Crippen molar-refractivity contribution in [2.45, 2.75) is 268 Å². The molecule has 56 heavy (non-hydrogen) atoms. The van der Waals surface area contributed by atoms with Gasteiger partial charge in [-0.05, 0) is 225 Å². The van der Waals surface area contributed by atoms with Crippen molar-refractivity contribution in [2.75, 3.05) is 0 Å². The van der Waals surface area contributed by atoms with Gasteiger partial charge in [0.1, 0.15) is 0 Å². The monoisotopic (exact) mass is 769 g/mol. The van der Waals surface area contributed by atoms with Crippen molar-refractivity contribution < 1.29 is 0 Å². The molecule has 0 aromatic carbocycles. The Balaban J connectivity index is 0.887. The average molecular weight is 769 g/mol. The molecule has 0 radical (unpaired) electrons. The maximum absolute atomic E-state index is 3.44. The Morgan fingerprint density at radius 2 is 0.536 bits per heavy atom. The summed E-state index contributed by atoms with van der Waals surface area (Å²) < 4.78 is 0. The number of hydrogen-bond acceptors (Lipinski definition) is 2. The summed E-state index contributed by atoms with van der Waals surface area (Å²) in [6.45, 7) is 5.15. The van der Waals surface area contributed by atoms with E-state index < -0.39 is 0 Å². The van der Waals surface area contributed by atoms with E-state index in [2.05, 4.69) is 23.6 Å². The van der Waals surface area contributed by atoms with E-state index in [-0.39, 0.29) is 0 Å². The molecule has 10 fully saturated rings. The quantitative estimate of drug-likeness (QED) is 0.243. The lowest BCUT2D eigenvalue weighted by molar-refractivity contribution is -0.150. The van der Waals surface area contributed by atoms with Crippen molar-refractivity contribution in [1.82, 2.24) is 9.80 Å². The van der Waals surface area contributed by atoms with Crippen LogP contribution in [-0.2, 0) is 0 Å². The standard InChI is InChI=1S/C54H92N2/c1-37-13-25-45(26-14-37)55(47-29-17-41(18-30-47)39-9-5-3-6-10-39)51-35-23-43-22-34-50-52(36-24-44-21-33-49(51)53(43)54(44)50)56(46-27-15-38(2)16-28-46)48-31-19-42(20-32-48)40-11-7-4-8-12-40/h37-54H,3-36H2,1-2H3. The van der Waals surface area contributed by atoms with Crippen molar-refractivity contribution in [2.24, 2.45) is 71.0 Å². The van der Waals surface area contributed by atoms with Gasteiger partial charge in [-0.3, -0.25) is 9.80 Å². The zero-order valence-corrected chi connectivity index (χ0v) is 37.3. The fraction of sp³-hybridized carbons (Fsp3) is 1.00. The van der Waals surface area contributed by atoms with Crippen LogP contribution in [-0.4, -0.2) is 46.1 Å². The number of rotatable bonds is 8. The van der Waals surface area contributed by atoms with Crippen LogP contribution in [0.5, 0.6) is 0 Å². The lowest BCUT2D eigenvalue weighted by atomic mass is 9.46. The molecule has 0 aromatic heterocycles. The molecule has 0 saturated heterocycles. The normalized spacial score (nSPS) is 48.4. The maximum atomic E-state index is 3.44. The molecule has 0 N–H and O–H groups in total. The van der Waals surface area contributed by atoms with Crippen molar-refractivity contribution in [3.8, 4) is 0 Å². The Labute approximate surface area is 348 Å². The summed E-state index contributed by atoms with van der Waals surface area (Å²) in [7, 11) is 0. The third kappa shape index (κ3) is 8.17. The predicted octanol–water partition coefficient (Wildman–Crippen LogP) is 14.6. The van der Waals surface area contributed by atoms with Crippen LogP contribution >= 0.6 is 0 Å². The van der Waals surface area contributed by atoms with Crippen LogP contribution in [0.25, 0.3) is 0 Å². The van der Waals surface area contributed by atoms with Crippen LogP contribution in [0.1, 0.15) is 232 Å². The lowest BCUT2D eigenvalue weighted by Gasteiger charge is -2.64. The summed E-state index contributed by atoms with van der Waals surface area (Å²) in [5.74, 6) is 12.6. The SMILES string of the molecule is CC1CCC(N(C2CCC(C3CCCCC3)CC2)C2CCC3CCC4C5C(CCC2C35)CCC4N(C2CCC(C)CC2)C2CCC(C3CCCCC3)CC2)CC1. The van der Waals surface area contributed by atoms with Gasteiger partial charge < -0.3 is 0 Å². The second-order valence-corrected chi connectivity index (χ2v) is 24.1. The lowest BCUT2D eigenvalue weighted by Crippen LogP contribution is -2.64. The largest absolute Gasteiger partial charge is 0.294 e. The van der Waals surface area contributed by atoms with Gasteiger partial charge in [-0.1, -0.05) is 78.1 Å². The molecule has 0 aliphatic heterocycles. The van der Waals surface area contributed by atoms with Crippen LogP contribution in [0.2, 0.25) is 0 Å². The third-order valence-electron chi connectivity index (χ3n) is 21.5. The highest BCUT2D eigenvalue weighted by molar-refractivity contribution is 5.10. The summed E-state index contributed by atoms with van der Waals surface area (Å²) in [6.07, 6.45) is 52.9. The van der Waals surface area contributed by atoms with E-state index in [1.807, 2.05) is 0 Å². The van der Waals surface area contributed by atoms with Gasteiger partial charge in [0.05, 0.1) is 0 Å². The molecule has 10 aliphatic rings. The maximum Gasteiger partial charge on any atom is 0.0132 e. The van der Waals surface area contributed by atoms with E-state index in [4.69, 9.17) is 0 Å². The van der Waals surface area contributed by atoms with E-state index in [0.29, 0.717) is 0 Å². The summed E-state index contributed by atoms with van der Waals surface area (Å²) >= 11 is 0. The fourth-order valence-electron chi connectivity index (χ4n) is 18.7. The third-order valence-corrected chi connectivity index (χ3v) is 21.5. The van der Waals surface area contributed by atoms with Crippen molar-refractivity contribution in [3.63, 3.8) is 0 Å². The number of nitrogens with zero attached hydrogens (tertiary/aromatic N) is 2. The van der Waals surface area contributed by atoms with Crippen molar-refractivity contribution in [1.29, 1.82) is 0 Å². The van der Waals surface area contributed by atoms with Crippen LogP contribution in [0, 0.1) is 71.0 Å². The summed E-state index contributed by atoms with van der Waals surface area (Å²) in [5.41, 5.74) is 0. The molecular formula is C54H92N2. The molecule has 8 atom stereocenters. The van der Waals surface area contributed by atoms with Crippen LogP contribution in [0.4, 0.5) is 0 Å². The molecule has 10 aliphatic carbocycles. The molecule has 318 valence electrons. The summed E-state index contributed by atoms with van der Waals surface area (Å²) in [5, 5.41) is 0. The summed E-state index contributed by atoms with van der Waals surface area (Å²) in [6, 6.07) is 5.51. The second-order valence-electron chi connectivity index (χ2n) is 24.1. The first kappa shape index (κ1) is 40.0. The second kappa shape index (κ2) is 18.1. The van der Waals surface area contributed by atoms with Gasteiger partial charge in [0.2, 0.25) is 0 Å². The smallest absolute Gasteiger partial charge is 0.0132 e. The van der Waals surface area contributed by atoms with Gasteiger partial charge in [0, 0.05) is 36.3 Å². The van der Waals surface area contributed by atoms with Crippen LogP contribution in [0.3, 0.4) is 0 Å². The zero-order valence-electron chi connectivity index (χ0n) is 37.3. The fourth-order valence-corrected chi connectivity index (χ4v) is 18.7. The first-order chi connectivity index (χ1) is 27.6. The Morgan fingerprint density at radius 3 is 0.893 bits per heavy atom.